The maximum atomic E-state index is 12.0. The van der Waals surface area contributed by atoms with E-state index in [2.05, 4.69) is 10.6 Å². The molecule has 1 aromatic rings. The van der Waals surface area contributed by atoms with Crippen LogP contribution in [0.4, 0.5) is 0 Å². The summed E-state index contributed by atoms with van der Waals surface area (Å²) in [6.07, 6.45) is 0. The van der Waals surface area contributed by atoms with E-state index in [1.165, 1.54) is 0 Å². The molecule has 6 heteroatoms. The highest BCUT2D eigenvalue weighted by Gasteiger charge is 2.14. The Bertz CT molecular complexity index is 398. The summed E-state index contributed by atoms with van der Waals surface area (Å²) >= 11 is 0. The number of benzene rings is 1. The molecular formula is C15H25ClN2O3. The van der Waals surface area contributed by atoms with Gasteiger partial charge in [-0.1, -0.05) is 12.1 Å². The number of carbonyl (C=O) groups is 1. The number of carbonyl (C=O) groups excluding carboxylic acids is 1. The van der Waals surface area contributed by atoms with Gasteiger partial charge in [0.15, 0.2) is 0 Å². The van der Waals surface area contributed by atoms with Crippen LogP contribution in [0.15, 0.2) is 24.3 Å². The molecule has 2 N–H and O–H groups in total. The van der Waals surface area contributed by atoms with Crippen LogP contribution >= 0.6 is 12.4 Å². The molecule has 0 heterocycles. The summed E-state index contributed by atoms with van der Waals surface area (Å²) < 4.78 is 10.0. The molecule has 1 aromatic carbocycles. The number of hydrogen-bond donors (Lipinski definition) is 2. The molecule has 1 atom stereocenters. The Morgan fingerprint density at radius 1 is 1.14 bits per heavy atom. The summed E-state index contributed by atoms with van der Waals surface area (Å²) in [7, 11) is 3.29. The molecule has 0 aliphatic carbocycles. The van der Waals surface area contributed by atoms with Crippen LogP contribution in [0.1, 0.15) is 18.4 Å². The third-order valence-corrected chi connectivity index (χ3v) is 3.09. The van der Waals surface area contributed by atoms with E-state index in [1.807, 2.05) is 31.2 Å². The van der Waals surface area contributed by atoms with Crippen molar-refractivity contribution >= 4 is 18.3 Å². The van der Waals surface area contributed by atoms with Crippen molar-refractivity contribution in [1.29, 1.82) is 0 Å². The molecule has 1 rings (SSSR count). The van der Waals surface area contributed by atoms with Gasteiger partial charge in [-0.2, -0.15) is 0 Å². The van der Waals surface area contributed by atoms with Gasteiger partial charge in [0.1, 0.15) is 5.75 Å². The summed E-state index contributed by atoms with van der Waals surface area (Å²) in [5.41, 5.74) is 0.982. The quantitative estimate of drug-likeness (QED) is 0.679. The summed E-state index contributed by atoms with van der Waals surface area (Å²) in [6.45, 7) is 4.72. The van der Waals surface area contributed by atoms with E-state index in [4.69, 9.17) is 9.47 Å². The van der Waals surface area contributed by atoms with Crippen molar-refractivity contribution in [3.8, 4) is 5.75 Å². The van der Waals surface area contributed by atoms with Crippen molar-refractivity contribution < 1.29 is 14.3 Å². The minimum atomic E-state index is -0.167. The Balaban J connectivity index is 0.00000400. The van der Waals surface area contributed by atoms with E-state index >= 15 is 0 Å². The maximum Gasteiger partial charge on any atom is 0.227 e. The van der Waals surface area contributed by atoms with Crippen molar-refractivity contribution in [1.82, 2.24) is 10.6 Å². The minimum Gasteiger partial charge on any atom is -0.497 e. The summed E-state index contributed by atoms with van der Waals surface area (Å²) in [5, 5.41) is 6.09. The molecule has 0 fully saturated rings. The molecule has 0 radical (unpaired) electrons. The van der Waals surface area contributed by atoms with Gasteiger partial charge in [0.25, 0.3) is 0 Å². The van der Waals surface area contributed by atoms with Crippen molar-refractivity contribution in [2.75, 3.05) is 40.5 Å². The van der Waals surface area contributed by atoms with Crippen LogP contribution in [0.2, 0.25) is 0 Å². The molecule has 0 aliphatic heterocycles. The first kappa shape index (κ1) is 19.7. The van der Waals surface area contributed by atoms with Crippen LogP contribution in [-0.2, 0) is 9.53 Å². The van der Waals surface area contributed by atoms with Crippen LogP contribution in [-0.4, -0.2) is 46.4 Å². The lowest BCUT2D eigenvalue weighted by atomic mass is 10.0. The average molecular weight is 317 g/mol. The van der Waals surface area contributed by atoms with Gasteiger partial charge in [0.05, 0.1) is 19.6 Å². The predicted octanol–water partition coefficient (Wildman–Crippen LogP) is 1.57. The van der Waals surface area contributed by atoms with Crippen molar-refractivity contribution in [2.45, 2.75) is 12.8 Å². The first-order chi connectivity index (χ1) is 9.69. The van der Waals surface area contributed by atoms with Gasteiger partial charge in [-0.05, 0) is 24.6 Å². The molecule has 0 aliphatic rings. The van der Waals surface area contributed by atoms with E-state index < -0.39 is 0 Å². The molecule has 1 unspecified atom stereocenters. The monoisotopic (exact) mass is 316 g/mol. The maximum absolute atomic E-state index is 12.0. The van der Waals surface area contributed by atoms with Gasteiger partial charge < -0.3 is 20.1 Å². The lowest BCUT2D eigenvalue weighted by Crippen LogP contribution is -2.35. The molecule has 0 spiro atoms. The summed E-state index contributed by atoms with van der Waals surface area (Å²) in [5.74, 6) is 0.660. The van der Waals surface area contributed by atoms with Crippen LogP contribution in [0, 0.1) is 0 Å². The number of rotatable bonds is 9. The fourth-order valence-electron chi connectivity index (χ4n) is 1.77. The third-order valence-electron chi connectivity index (χ3n) is 3.09. The van der Waals surface area contributed by atoms with Crippen LogP contribution < -0.4 is 15.4 Å². The molecule has 1 amide bonds. The van der Waals surface area contributed by atoms with E-state index in [0.29, 0.717) is 13.2 Å². The second-order valence-corrected chi connectivity index (χ2v) is 4.53. The summed E-state index contributed by atoms with van der Waals surface area (Å²) in [6, 6.07) is 7.57. The Kier molecular flexibility index (Phi) is 10.7. The zero-order valence-electron chi connectivity index (χ0n) is 12.8. The highest BCUT2D eigenvalue weighted by Crippen LogP contribution is 2.18. The molecular weight excluding hydrogens is 292 g/mol. The van der Waals surface area contributed by atoms with Crippen molar-refractivity contribution in [3.05, 3.63) is 29.8 Å². The van der Waals surface area contributed by atoms with E-state index in [1.54, 1.807) is 14.2 Å². The number of methoxy groups -OCH3 is 2. The first-order valence-corrected chi connectivity index (χ1v) is 6.80. The zero-order chi connectivity index (χ0) is 14.8. The standard InChI is InChI=1S/C15H24N2O3.ClH/c1-12(13-4-6-14(20-3)7-5-13)15(18)17-9-8-16-10-11-19-2;/h4-7,12,16H,8-11H2,1-3H3,(H,17,18);1H. The Hall–Kier alpha value is -1.30. The van der Waals surface area contributed by atoms with Gasteiger partial charge in [-0.3, -0.25) is 4.79 Å². The molecule has 0 saturated carbocycles. The van der Waals surface area contributed by atoms with Crippen LogP contribution in [0.25, 0.3) is 0 Å². The fourth-order valence-corrected chi connectivity index (χ4v) is 1.77. The molecule has 0 saturated heterocycles. The SMILES string of the molecule is COCCNCCNC(=O)C(C)c1ccc(OC)cc1.Cl. The normalized spacial score (nSPS) is 11.4. The largest absolute Gasteiger partial charge is 0.497 e. The van der Waals surface area contributed by atoms with Crippen molar-refractivity contribution in [2.24, 2.45) is 0 Å². The molecule has 21 heavy (non-hydrogen) atoms. The van der Waals surface area contributed by atoms with E-state index in [0.717, 1.165) is 24.4 Å². The first-order valence-electron chi connectivity index (χ1n) is 6.80. The topological polar surface area (TPSA) is 59.6 Å². The smallest absolute Gasteiger partial charge is 0.227 e. The lowest BCUT2D eigenvalue weighted by molar-refractivity contribution is -0.122. The van der Waals surface area contributed by atoms with Gasteiger partial charge in [0, 0.05) is 26.7 Å². The molecule has 120 valence electrons. The second kappa shape index (κ2) is 11.4. The lowest BCUT2D eigenvalue weighted by Gasteiger charge is -2.13. The fraction of sp³-hybridized carbons (Fsp3) is 0.533. The van der Waals surface area contributed by atoms with Gasteiger partial charge >= 0.3 is 0 Å². The van der Waals surface area contributed by atoms with Crippen LogP contribution in [0.3, 0.4) is 0 Å². The predicted molar refractivity (Wildman–Crippen MR) is 86.4 cm³/mol. The number of hydrogen-bond acceptors (Lipinski definition) is 4. The van der Waals surface area contributed by atoms with Gasteiger partial charge in [-0.15, -0.1) is 12.4 Å². The average Bonchev–Trinajstić information content (AvgIpc) is 2.50. The second-order valence-electron chi connectivity index (χ2n) is 4.53. The minimum absolute atomic E-state index is 0. The Morgan fingerprint density at radius 3 is 2.38 bits per heavy atom. The van der Waals surface area contributed by atoms with E-state index in [9.17, 15) is 4.79 Å². The number of nitrogens with one attached hydrogen (secondary N) is 2. The molecule has 0 aromatic heterocycles. The molecule has 0 bridgehead atoms. The van der Waals surface area contributed by atoms with Crippen LogP contribution in [0.5, 0.6) is 5.75 Å². The third kappa shape index (κ3) is 7.32. The van der Waals surface area contributed by atoms with Crippen molar-refractivity contribution in [3.63, 3.8) is 0 Å². The van der Waals surface area contributed by atoms with E-state index in [-0.39, 0.29) is 24.2 Å². The molecule has 5 nitrogen and oxygen atoms in total. The summed E-state index contributed by atoms with van der Waals surface area (Å²) in [4.78, 5) is 12.0. The zero-order valence-corrected chi connectivity index (χ0v) is 13.7. The number of ether oxygens (including phenoxy) is 2. The van der Waals surface area contributed by atoms with Gasteiger partial charge in [-0.25, -0.2) is 0 Å². The number of amides is 1. The highest BCUT2D eigenvalue weighted by molar-refractivity contribution is 5.85. The van der Waals surface area contributed by atoms with Gasteiger partial charge in [0.2, 0.25) is 5.91 Å². The Morgan fingerprint density at radius 2 is 1.81 bits per heavy atom. The Labute approximate surface area is 132 Å². The highest BCUT2D eigenvalue weighted by atomic mass is 35.5. The number of halogens is 1.